The number of hydrogen-bond donors (Lipinski definition) is 1. The Balaban J connectivity index is 1.18. The lowest BCUT2D eigenvalue weighted by molar-refractivity contribution is -0.118. The van der Waals surface area contributed by atoms with Gasteiger partial charge >= 0.3 is 5.69 Å². The van der Waals surface area contributed by atoms with Crippen LogP contribution in [0.4, 0.5) is 5.82 Å². The standard InChI is InChI=1S/C29H29N5O3/c35-26(19-22-9-3-1-4-10-22)21-25-15-14-24(32-33-25)13-7-8-17-34-18-16-27(31-29(34)37)30-28(36)20-23-11-5-2-6-12-23/h1-6,9-12,14-16,18H,7-8,13,17,19-21H2,(H,30,31,36,37). The maximum atomic E-state index is 12.3. The Morgan fingerprint density at radius 3 is 2.03 bits per heavy atom. The Labute approximate surface area is 215 Å². The summed E-state index contributed by atoms with van der Waals surface area (Å²) in [7, 11) is 0. The summed E-state index contributed by atoms with van der Waals surface area (Å²) in [6.07, 6.45) is 4.83. The topological polar surface area (TPSA) is 107 Å². The number of ketones is 1. The number of aromatic nitrogens is 4. The van der Waals surface area contributed by atoms with Crippen molar-refractivity contribution in [1.82, 2.24) is 19.7 Å². The molecule has 0 unspecified atom stereocenters. The van der Waals surface area contributed by atoms with Gasteiger partial charge in [-0.25, -0.2) is 4.79 Å². The number of nitrogens with zero attached hydrogens (tertiary/aromatic N) is 4. The SMILES string of the molecule is O=C(Cc1ccccc1)Cc1ccc(CCCCn2ccc(NC(=O)Cc3ccccc3)nc2=O)nn1. The van der Waals surface area contributed by atoms with Gasteiger partial charge < -0.3 is 5.32 Å². The van der Waals surface area contributed by atoms with Gasteiger partial charge in [0, 0.05) is 19.2 Å². The van der Waals surface area contributed by atoms with E-state index in [1.54, 1.807) is 12.3 Å². The molecule has 1 N–H and O–H groups in total. The summed E-state index contributed by atoms with van der Waals surface area (Å²) in [4.78, 5) is 40.8. The van der Waals surface area contributed by atoms with Crippen molar-refractivity contribution >= 4 is 17.5 Å². The van der Waals surface area contributed by atoms with E-state index < -0.39 is 5.69 Å². The number of rotatable bonds is 12. The molecule has 0 saturated carbocycles. The van der Waals surface area contributed by atoms with E-state index in [1.807, 2.05) is 72.8 Å². The van der Waals surface area contributed by atoms with Crippen molar-refractivity contribution in [2.24, 2.45) is 0 Å². The van der Waals surface area contributed by atoms with Crippen molar-refractivity contribution in [2.75, 3.05) is 5.32 Å². The van der Waals surface area contributed by atoms with Crippen molar-refractivity contribution in [1.29, 1.82) is 0 Å². The predicted molar refractivity (Wildman–Crippen MR) is 141 cm³/mol. The highest BCUT2D eigenvalue weighted by molar-refractivity contribution is 5.91. The van der Waals surface area contributed by atoms with Gasteiger partial charge in [-0.2, -0.15) is 15.2 Å². The second-order valence-electron chi connectivity index (χ2n) is 8.85. The zero-order valence-corrected chi connectivity index (χ0v) is 20.5. The Kier molecular flexibility index (Phi) is 9.02. The van der Waals surface area contributed by atoms with Gasteiger partial charge in [0.05, 0.1) is 24.2 Å². The molecular weight excluding hydrogens is 466 g/mol. The normalized spacial score (nSPS) is 10.7. The lowest BCUT2D eigenvalue weighted by atomic mass is 10.1. The molecule has 2 aromatic carbocycles. The number of hydrogen-bond acceptors (Lipinski definition) is 6. The van der Waals surface area contributed by atoms with Crippen LogP contribution in [0.1, 0.15) is 35.4 Å². The van der Waals surface area contributed by atoms with E-state index in [9.17, 15) is 14.4 Å². The molecule has 37 heavy (non-hydrogen) atoms. The Morgan fingerprint density at radius 1 is 0.730 bits per heavy atom. The summed E-state index contributed by atoms with van der Waals surface area (Å²) in [5, 5.41) is 11.1. The Hall–Kier alpha value is -4.46. The molecule has 0 radical (unpaired) electrons. The van der Waals surface area contributed by atoms with Gasteiger partial charge in [-0.15, -0.1) is 0 Å². The molecule has 2 aromatic heterocycles. The lowest BCUT2D eigenvalue weighted by Gasteiger charge is -2.08. The average molecular weight is 496 g/mol. The molecule has 8 nitrogen and oxygen atoms in total. The molecule has 0 aliphatic heterocycles. The summed E-state index contributed by atoms with van der Waals surface area (Å²) in [5.74, 6) is 0.136. The minimum Gasteiger partial charge on any atom is -0.310 e. The van der Waals surface area contributed by atoms with Crippen molar-refractivity contribution in [3.8, 4) is 0 Å². The maximum absolute atomic E-state index is 12.3. The first-order valence-electron chi connectivity index (χ1n) is 12.3. The van der Waals surface area contributed by atoms with Crippen molar-refractivity contribution in [3.05, 3.63) is 118 Å². The van der Waals surface area contributed by atoms with E-state index in [4.69, 9.17) is 0 Å². The van der Waals surface area contributed by atoms with Crippen LogP contribution >= 0.6 is 0 Å². The number of unbranched alkanes of at least 4 members (excludes halogenated alkanes) is 1. The van der Waals surface area contributed by atoms with Gasteiger partial charge in [0.15, 0.2) is 0 Å². The monoisotopic (exact) mass is 495 g/mol. The molecule has 4 aromatic rings. The second-order valence-corrected chi connectivity index (χ2v) is 8.85. The van der Waals surface area contributed by atoms with Crippen LogP contribution in [0.2, 0.25) is 0 Å². The summed E-state index contributed by atoms with van der Waals surface area (Å²) < 4.78 is 1.53. The number of amides is 1. The van der Waals surface area contributed by atoms with Crippen molar-refractivity contribution in [3.63, 3.8) is 0 Å². The van der Waals surface area contributed by atoms with Gasteiger partial charge in [0.1, 0.15) is 11.6 Å². The first-order valence-corrected chi connectivity index (χ1v) is 12.3. The van der Waals surface area contributed by atoms with Crippen LogP contribution in [0.3, 0.4) is 0 Å². The van der Waals surface area contributed by atoms with Crippen LogP contribution in [0.15, 0.2) is 89.9 Å². The fourth-order valence-corrected chi connectivity index (χ4v) is 3.93. The third-order valence-corrected chi connectivity index (χ3v) is 5.83. The molecule has 1 amide bonds. The molecule has 0 aliphatic rings. The van der Waals surface area contributed by atoms with E-state index in [0.717, 1.165) is 36.1 Å². The second kappa shape index (κ2) is 13.0. The molecule has 8 heteroatoms. The highest BCUT2D eigenvalue weighted by atomic mass is 16.2. The largest absolute Gasteiger partial charge is 0.349 e. The third-order valence-electron chi connectivity index (χ3n) is 5.83. The summed E-state index contributed by atoms with van der Waals surface area (Å²) in [5.41, 5.74) is 3.00. The molecular formula is C29H29N5O3. The van der Waals surface area contributed by atoms with Crippen LogP contribution in [0.25, 0.3) is 0 Å². The minimum absolute atomic E-state index is 0.106. The average Bonchev–Trinajstić information content (AvgIpc) is 2.89. The molecule has 0 fully saturated rings. The zero-order chi connectivity index (χ0) is 25.9. The van der Waals surface area contributed by atoms with Crippen LogP contribution in [0.5, 0.6) is 0 Å². The molecule has 0 atom stereocenters. The number of nitrogens with one attached hydrogen (secondary N) is 1. The number of carbonyl (C=O) groups is 2. The molecule has 4 rings (SSSR count). The Morgan fingerprint density at radius 2 is 1.38 bits per heavy atom. The van der Waals surface area contributed by atoms with Gasteiger partial charge in [-0.05, 0) is 48.6 Å². The Bertz CT molecular complexity index is 1370. The fraction of sp³-hybridized carbons (Fsp3) is 0.241. The van der Waals surface area contributed by atoms with Gasteiger partial charge in [0.2, 0.25) is 5.91 Å². The predicted octanol–water partition coefficient (Wildman–Crippen LogP) is 3.59. The van der Waals surface area contributed by atoms with Crippen molar-refractivity contribution in [2.45, 2.75) is 45.1 Å². The molecule has 0 saturated heterocycles. The van der Waals surface area contributed by atoms with E-state index in [0.29, 0.717) is 18.7 Å². The molecule has 0 bridgehead atoms. The van der Waals surface area contributed by atoms with Crippen LogP contribution in [-0.4, -0.2) is 31.4 Å². The van der Waals surface area contributed by atoms with E-state index in [1.165, 1.54) is 4.57 Å². The van der Waals surface area contributed by atoms with Crippen molar-refractivity contribution < 1.29 is 9.59 Å². The van der Waals surface area contributed by atoms with Gasteiger partial charge in [-0.3, -0.25) is 14.2 Å². The number of carbonyl (C=O) groups excluding carboxylic acids is 2. The number of aryl methyl sites for hydroxylation is 2. The van der Waals surface area contributed by atoms with Gasteiger partial charge in [-0.1, -0.05) is 60.7 Å². The minimum atomic E-state index is -0.401. The zero-order valence-electron chi connectivity index (χ0n) is 20.5. The van der Waals surface area contributed by atoms with Crippen LogP contribution in [0, 0.1) is 0 Å². The summed E-state index contributed by atoms with van der Waals surface area (Å²) >= 11 is 0. The first-order chi connectivity index (χ1) is 18.0. The number of Topliss-reactive ketones (excluding diaryl/α,β-unsaturated/α-hetero) is 1. The highest BCUT2D eigenvalue weighted by Crippen LogP contribution is 2.07. The summed E-state index contributed by atoms with van der Waals surface area (Å²) in [6, 6.07) is 24.4. The smallest absolute Gasteiger partial charge is 0.310 e. The maximum Gasteiger partial charge on any atom is 0.349 e. The summed E-state index contributed by atoms with van der Waals surface area (Å²) in [6.45, 7) is 0.517. The van der Waals surface area contributed by atoms with E-state index in [-0.39, 0.29) is 30.3 Å². The van der Waals surface area contributed by atoms with Crippen LogP contribution in [-0.2, 0) is 41.8 Å². The quantitative estimate of drug-likeness (QED) is 0.301. The molecule has 2 heterocycles. The molecule has 0 aliphatic carbocycles. The fourth-order valence-electron chi connectivity index (χ4n) is 3.93. The number of anilines is 1. The molecule has 188 valence electrons. The van der Waals surface area contributed by atoms with Gasteiger partial charge in [0.25, 0.3) is 0 Å². The number of benzene rings is 2. The van der Waals surface area contributed by atoms with E-state index >= 15 is 0 Å². The van der Waals surface area contributed by atoms with Crippen LogP contribution < -0.4 is 11.0 Å². The third kappa shape index (κ3) is 8.31. The van der Waals surface area contributed by atoms with E-state index in [2.05, 4.69) is 20.5 Å². The lowest BCUT2D eigenvalue weighted by Crippen LogP contribution is -2.25. The molecule has 0 spiro atoms. The first kappa shape index (κ1) is 25.6. The highest BCUT2D eigenvalue weighted by Gasteiger charge is 2.08.